The highest BCUT2D eigenvalue weighted by molar-refractivity contribution is 6.34. The number of alkyl halides is 3. The SMILES string of the molecule is CNC(=O)N1CC(C)N(c2ccc(C(=O)Nc3cc(OC(F)(F)F)c(-c4ccc(-c5cnc(C6CC(C)CN6C(=O)C(c6ccccc6)N6CCCCC6)[nH]5)cc4)cc3Cl)cn2)CC1C. The van der Waals surface area contributed by atoms with Gasteiger partial charge in [0.2, 0.25) is 5.91 Å². The maximum absolute atomic E-state index is 14.5. The van der Waals surface area contributed by atoms with Crippen LogP contribution in [0.1, 0.15) is 80.3 Å². The van der Waals surface area contributed by atoms with Crippen molar-refractivity contribution < 1.29 is 32.3 Å². The van der Waals surface area contributed by atoms with E-state index in [1.807, 2.05) is 54.0 Å². The van der Waals surface area contributed by atoms with E-state index >= 15 is 0 Å². The highest BCUT2D eigenvalue weighted by atomic mass is 35.5. The number of carbonyl (C=O) groups is 3. The van der Waals surface area contributed by atoms with Crippen LogP contribution in [0.4, 0.5) is 29.5 Å². The van der Waals surface area contributed by atoms with Gasteiger partial charge in [-0.2, -0.15) is 0 Å². The summed E-state index contributed by atoms with van der Waals surface area (Å²) in [5.41, 5.74) is 2.92. The number of rotatable bonds is 10. The van der Waals surface area contributed by atoms with Crippen LogP contribution in [-0.2, 0) is 4.79 Å². The largest absolute Gasteiger partial charge is 0.573 e. The predicted molar refractivity (Wildman–Crippen MR) is 244 cm³/mol. The number of hydrogen-bond donors (Lipinski definition) is 3. The number of hydrogen-bond acceptors (Lipinski definition) is 8. The number of nitrogens with one attached hydrogen (secondary N) is 3. The molecule has 65 heavy (non-hydrogen) atoms. The molecule has 5 atom stereocenters. The normalized spacial score (nSPS) is 21.0. The number of H-pyrrole nitrogens is 1. The summed E-state index contributed by atoms with van der Waals surface area (Å²) in [6, 6.07) is 21.5. The van der Waals surface area contributed by atoms with Crippen molar-refractivity contribution in [3.63, 3.8) is 0 Å². The number of aromatic nitrogens is 3. The van der Waals surface area contributed by atoms with E-state index in [1.165, 1.54) is 12.3 Å². The second-order valence-electron chi connectivity index (χ2n) is 17.3. The van der Waals surface area contributed by atoms with Crippen molar-refractivity contribution in [1.82, 2.24) is 35.0 Å². The van der Waals surface area contributed by atoms with Crippen LogP contribution in [0.25, 0.3) is 22.4 Å². The van der Waals surface area contributed by atoms with Crippen LogP contribution in [0.2, 0.25) is 5.02 Å². The number of halogens is 4. The molecule has 3 saturated heterocycles. The van der Waals surface area contributed by atoms with Gasteiger partial charge in [-0.25, -0.2) is 14.8 Å². The summed E-state index contributed by atoms with van der Waals surface area (Å²) in [6.07, 6.45) is 2.07. The van der Waals surface area contributed by atoms with Crippen LogP contribution in [0.15, 0.2) is 91.3 Å². The highest BCUT2D eigenvalue weighted by Gasteiger charge is 2.41. The van der Waals surface area contributed by atoms with Gasteiger partial charge in [0.1, 0.15) is 23.4 Å². The van der Waals surface area contributed by atoms with Gasteiger partial charge >= 0.3 is 12.4 Å². The predicted octanol–water partition coefficient (Wildman–Crippen LogP) is 9.32. The number of imidazole rings is 1. The maximum atomic E-state index is 14.5. The zero-order chi connectivity index (χ0) is 46.0. The molecule has 0 bridgehead atoms. The first kappa shape index (κ1) is 45.4. The van der Waals surface area contributed by atoms with E-state index < -0.39 is 18.0 Å². The minimum absolute atomic E-state index is 0.00813. The fraction of sp³-hybridized carbons (Fsp3) is 0.396. The second-order valence-corrected chi connectivity index (χ2v) is 17.7. The molecule has 8 rings (SSSR count). The number of nitrogens with zero attached hydrogens (tertiary/aromatic N) is 6. The molecular weight excluding hydrogens is 859 g/mol. The third-order valence-electron chi connectivity index (χ3n) is 12.6. The summed E-state index contributed by atoms with van der Waals surface area (Å²) in [5.74, 6) is 0.427. The maximum Gasteiger partial charge on any atom is 0.573 e. The Bertz CT molecular complexity index is 2480. The van der Waals surface area contributed by atoms with Crippen LogP contribution in [0.5, 0.6) is 5.75 Å². The highest BCUT2D eigenvalue weighted by Crippen LogP contribution is 2.42. The fourth-order valence-electron chi connectivity index (χ4n) is 9.35. The number of anilines is 2. The average Bonchev–Trinajstić information content (AvgIpc) is 3.95. The monoisotopic (exact) mass is 911 g/mol. The third kappa shape index (κ3) is 10.1. The van der Waals surface area contributed by atoms with E-state index in [-0.39, 0.29) is 63.9 Å². The molecule has 0 saturated carbocycles. The Labute approximate surface area is 381 Å². The zero-order valence-electron chi connectivity index (χ0n) is 36.7. The molecule has 0 radical (unpaired) electrons. The number of likely N-dealkylation sites (tertiary alicyclic amines) is 2. The molecule has 3 aromatic carbocycles. The Morgan fingerprint density at radius 1 is 0.846 bits per heavy atom. The van der Waals surface area contributed by atoms with Gasteiger partial charge < -0.3 is 35.1 Å². The molecule has 13 nitrogen and oxygen atoms in total. The van der Waals surface area contributed by atoms with Crippen LogP contribution in [0.3, 0.4) is 0 Å². The van der Waals surface area contributed by atoms with Crippen LogP contribution < -0.4 is 20.3 Å². The molecule has 4 amide bonds. The number of carbonyl (C=O) groups excluding carboxylic acids is 3. The van der Waals surface area contributed by atoms with Crippen LogP contribution >= 0.6 is 11.6 Å². The van der Waals surface area contributed by atoms with Gasteiger partial charge in [0.15, 0.2) is 0 Å². The minimum atomic E-state index is -5.04. The zero-order valence-corrected chi connectivity index (χ0v) is 37.5. The number of pyridine rings is 1. The van der Waals surface area contributed by atoms with Gasteiger partial charge in [0.05, 0.1) is 34.2 Å². The Hall–Kier alpha value is -6.13. The summed E-state index contributed by atoms with van der Waals surface area (Å²) >= 11 is 6.64. The summed E-state index contributed by atoms with van der Waals surface area (Å²) in [7, 11) is 1.59. The molecule has 3 aliphatic rings. The Morgan fingerprint density at radius 2 is 1.57 bits per heavy atom. The van der Waals surface area contributed by atoms with E-state index in [1.54, 1.807) is 54.5 Å². The molecule has 2 aromatic heterocycles. The van der Waals surface area contributed by atoms with Crippen molar-refractivity contribution >= 4 is 41.0 Å². The average molecular weight is 912 g/mol. The Kier molecular flexibility index (Phi) is 13.4. The first-order chi connectivity index (χ1) is 31.2. The lowest BCUT2D eigenvalue weighted by Crippen LogP contribution is -2.60. The van der Waals surface area contributed by atoms with Gasteiger partial charge in [-0.1, -0.05) is 79.5 Å². The van der Waals surface area contributed by atoms with E-state index in [9.17, 15) is 27.6 Å². The number of amides is 4. The first-order valence-electron chi connectivity index (χ1n) is 22.0. The van der Waals surface area contributed by atoms with E-state index in [4.69, 9.17) is 16.6 Å². The van der Waals surface area contributed by atoms with Crippen molar-refractivity contribution in [2.75, 3.05) is 50.0 Å². The second kappa shape index (κ2) is 19.1. The number of urea groups is 1. The lowest BCUT2D eigenvalue weighted by atomic mass is 10.00. The summed E-state index contributed by atoms with van der Waals surface area (Å²) < 4.78 is 46.0. The summed E-state index contributed by atoms with van der Waals surface area (Å²) in [5, 5.41) is 5.27. The lowest BCUT2D eigenvalue weighted by molar-refractivity contribution is -0.274. The van der Waals surface area contributed by atoms with Crippen LogP contribution in [-0.4, -0.2) is 106 Å². The minimum Gasteiger partial charge on any atom is -0.405 e. The van der Waals surface area contributed by atoms with Crippen molar-refractivity contribution in [3.8, 4) is 28.1 Å². The Balaban J connectivity index is 0.981. The number of ether oxygens (including phenoxy) is 1. The van der Waals surface area contributed by atoms with E-state index in [2.05, 4.69) is 37.2 Å². The van der Waals surface area contributed by atoms with Crippen LogP contribution in [0, 0.1) is 5.92 Å². The molecular formula is C48H53ClF3N9O4. The van der Waals surface area contributed by atoms with Gasteiger partial charge in [0.25, 0.3) is 5.91 Å². The van der Waals surface area contributed by atoms with Gasteiger partial charge in [-0.05, 0) is 87.0 Å². The molecule has 0 aliphatic carbocycles. The molecule has 5 unspecified atom stereocenters. The van der Waals surface area contributed by atoms with Crippen molar-refractivity contribution in [2.24, 2.45) is 5.92 Å². The summed E-state index contributed by atoms with van der Waals surface area (Å²) in [6.45, 7) is 9.43. The van der Waals surface area contributed by atoms with Gasteiger partial charge in [0, 0.05) is 56.6 Å². The van der Waals surface area contributed by atoms with E-state index in [0.29, 0.717) is 42.5 Å². The number of aromatic amines is 1. The Morgan fingerprint density at radius 3 is 2.25 bits per heavy atom. The number of piperazine rings is 1. The molecule has 5 heterocycles. The lowest BCUT2D eigenvalue weighted by Gasteiger charge is -2.44. The van der Waals surface area contributed by atoms with Crippen molar-refractivity contribution in [1.29, 1.82) is 0 Å². The van der Waals surface area contributed by atoms with Gasteiger partial charge in [-0.15, -0.1) is 13.2 Å². The molecule has 3 N–H and O–H groups in total. The molecule has 5 aromatic rings. The topological polar surface area (TPSA) is 139 Å². The summed E-state index contributed by atoms with van der Waals surface area (Å²) in [4.78, 5) is 61.0. The first-order valence-corrected chi connectivity index (χ1v) is 22.4. The quantitative estimate of drug-likeness (QED) is 0.126. The fourth-order valence-corrected chi connectivity index (χ4v) is 9.56. The molecule has 3 fully saturated rings. The van der Waals surface area contributed by atoms with Crippen molar-refractivity contribution in [2.45, 2.75) is 77.0 Å². The molecule has 0 spiro atoms. The smallest absolute Gasteiger partial charge is 0.405 e. The van der Waals surface area contributed by atoms with Gasteiger partial charge in [-0.3, -0.25) is 14.5 Å². The number of benzene rings is 3. The molecule has 17 heteroatoms. The molecule has 342 valence electrons. The van der Waals surface area contributed by atoms with Crippen molar-refractivity contribution in [3.05, 3.63) is 113 Å². The number of piperidine rings is 1. The third-order valence-corrected chi connectivity index (χ3v) is 12.9. The molecule has 3 aliphatic heterocycles. The standard InChI is InChI=1S/C48H53ClF3N9O4/c1-29-21-40(61(26-29)46(63)43(34-11-7-5-8-12-34)58-19-9-6-10-20-58)44-55-25-39(56-44)33-15-13-32(14-16-33)36-22-37(49)38(23-41(36)65-48(50,51)52)57-45(62)35-17-18-42(54-24-35)59-27-31(3)60(28-30(59)2)47(64)53-4/h5,7-8,11-18,22-25,29-31,40,43H,6,9-10,19-21,26-28H2,1-4H3,(H,53,64)(H,55,56)(H,57,62). The van der Waals surface area contributed by atoms with E-state index in [0.717, 1.165) is 56.0 Å².